The largest absolute Gasteiger partial charge is 0.505 e. The molecule has 0 fully saturated rings. The summed E-state index contributed by atoms with van der Waals surface area (Å²) in [6.45, 7) is 5.69. The molecule has 5 heteroatoms. The minimum atomic E-state index is -0.196. The van der Waals surface area contributed by atoms with Gasteiger partial charge in [-0.25, -0.2) is 0 Å². The van der Waals surface area contributed by atoms with E-state index in [9.17, 15) is 5.11 Å². The van der Waals surface area contributed by atoms with Gasteiger partial charge in [-0.2, -0.15) is 0 Å². The van der Waals surface area contributed by atoms with Crippen LogP contribution in [0.15, 0.2) is 24.3 Å². The summed E-state index contributed by atoms with van der Waals surface area (Å²) in [6.07, 6.45) is 0.664. The van der Waals surface area contributed by atoms with Crippen LogP contribution in [0.1, 0.15) is 24.9 Å². The predicted molar refractivity (Wildman–Crippen MR) is 71.7 cm³/mol. The monoisotopic (exact) mass is 281 g/mol. The maximum absolute atomic E-state index is 9.37. The molecule has 0 bridgehead atoms. The first-order valence-corrected chi connectivity index (χ1v) is 5.25. The van der Waals surface area contributed by atoms with Crippen LogP contribution in [0.3, 0.4) is 0 Å². The second kappa shape index (κ2) is 6.36. The van der Waals surface area contributed by atoms with E-state index in [1.165, 1.54) is 0 Å². The third kappa shape index (κ3) is 3.87. The Morgan fingerprint density at radius 1 is 1.44 bits per heavy atom. The summed E-state index contributed by atoms with van der Waals surface area (Å²) in [4.78, 5) is 0. The van der Waals surface area contributed by atoms with E-state index in [4.69, 9.17) is 28.9 Å². The van der Waals surface area contributed by atoms with Crippen LogP contribution in [-0.4, -0.2) is 5.11 Å². The predicted octanol–water partition coefficient (Wildman–Crippen LogP) is 4.09. The Morgan fingerprint density at radius 2 is 1.88 bits per heavy atom. The van der Waals surface area contributed by atoms with Gasteiger partial charge in [0.1, 0.15) is 0 Å². The highest BCUT2D eigenvalue weighted by Gasteiger charge is 2.11. The highest BCUT2D eigenvalue weighted by atomic mass is 35.5. The molecule has 0 aliphatic rings. The van der Waals surface area contributed by atoms with Gasteiger partial charge in [-0.05, 0) is 31.0 Å². The zero-order chi connectivity index (χ0) is 11.6. The van der Waals surface area contributed by atoms with E-state index < -0.39 is 0 Å². The molecule has 1 aromatic carbocycles. The number of benzene rings is 1. The molecule has 2 nitrogen and oxygen atoms in total. The van der Waals surface area contributed by atoms with Gasteiger partial charge in [-0.15, -0.1) is 19.0 Å². The number of nitrogens with two attached hydrogens (primary N) is 1. The van der Waals surface area contributed by atoms with Crippen LogP contribution in [0.4, 0.5) is 0 Å². The van der Waals surface area contributed by atoms with Crippen molar-refractivity contribution in [3.8, 4) is 5.75 Å². The van der Waals surface area contributed by atoms with Crippen molar-refractivity contribution in [3.63, 3.8) is 0 Å². The average Bonchev–Trinajstić information content (AvgIpc) is 2.12. The number of aromatic hydroxyl groups is 1. The SMILES string of the molecule is C=C(C)C[C@H](N)c1cc(Cl)c(O)c(Cl)c1.Cl. The smallest absolute Gasteiger partial charge is 0.152 e. The molecule has 1 aromatic rings. The van der Waals surface area contributed by atoms with Crippen molar-refractivity contribution in [3.05, 3.63) is 39.9 Å². The van der Waals surface area contributed by atoms with Gasteiger partial charge in [0.2, 0.25) is 0 Å². The van der Waals surface area contributed by atoms with Crippen LogP contribution in [0.5, 0.6) is 5.75 Å². The molecule has 0 saturated heterocycles. The van der Waals surface area contributed by atoms with Crippen LogP contribution >= 0.6 is 35.6 Å². The maximum Gasteiger partial charge on any atom is 0.152 e. The molecular weight excluding hydrogens is 268 g/mol. The summed E-state index contributed by atoms with van der Waals surface area (Å²) in [5.41, 5.74) is 7.71. The Morgan fingerprint density at radius 3 is 2.25 bits per heavy atom. The van der Waals surface area contributed by atoms with E-state index >= 15 is 0 Å². The van der Waals surface area contributed by atoms with Crippen LogP contribution < -0.4 is 5.73 Å². The zero-order valence-electron chi connectivity index (χ0n) is 8.84. The lowest BCUT2D eigenvalue weighted by atomic mass is 10.0. The van der Waals surface area contributed by atoms with Crippen LogP contribution in [-0.2, 0) is 0 Å². The number of hydrogen-bond acceptors (Lipinski definition) is 2. The van der Waals surface area contributed by atoms with Crippen LogP contribution in [0.2, 0.25) is 10.0 Å². The first-order valence-electron chi connectivity index (χ1n) is 4.49. The lowest BCUT2D eigenvalue weighted by Gasteiger charge is -2.13. The van der Waals surface area contributed by atoms with Gasteiger partial charge in [-0.1, -0.05) is 28.8 Å². The molecule has 0 aromatic heterocycles. The van der Waals surface area contributed by atoms with E-state index in [1.807, 2.05) is 6.92 Å². The third-order valence-electron chi connectivity index (χ3n) is 2.04. The van der Waals surface area contributed by atoms with E-state index in [0.717, 1.165) is 11.1 Å². The summed E-state index contributed by atoms with van der Waals surface area (Å²) >= 11 is 11.6. The van der Waals surface area contributed by atoms with Gasteiger partial charge in [0.25, 0.3) is 0 Å². The van der Waals surface area contributed by atoms with E-state index in [1.54, 1.807) is 12.1 Å². The van der Waals surface area contributed by atoms with Crippen LogP contribution in [0.25, 0.3) is 0 Å². The Labute approximate surface area is 111 Å². The molecule has 1 atom stereocenters. The van der Waals surface area contributed by atoms with E-state index in [0.29, 0.717) is 6.42 Å². The van der Waals surface area contributed by atoms with Crippen molar-refractivity contribution in [2.45, 2.75) is 19.4 Å². The summed E-state index contributed by atoms with van der Waals surface area (Å²) in [6, 6.07) is 3.05. The van der Waals surface area contributed by atoms with E-state index in [-0.39, 0.29) is 34.2 Å². The van der Waals surface area contributed by atoms with Crippen molar-refractivity contribution in [1.29, 1.82) is 0 Å². The normalized spacial score (nSPS) is 11.8. The summed E-state index contributed by atoms with van der Waals surface area (Å²) in [5, 5.41) is 9.81. The molecular formula is C11H14Cl3NO. The van der Waals surface area contributed by atoms with Gasteiger partial charge >= 0.3 is 0 Å². The first kappa shape index (κ1) is 15.6. The van der Waals surface area contributed by atoms with Gasteiger partial charge in [0.15, 0.2) is 5.75 Å². The number of phenols is 1. The second-order valence-corrected chi connectivity index (χ2v) is 4.42. The zero-order valence-corrected chi connectivity index (χ0v) is 11.2. The van der Waals surface area contributed by atoms with Crippen molar-refractivity contribution < 1.29 is 5.11 Å². The molecule has 0 amide bonds. The molecule has 16 heavy (non-hydrogen) atoms. The van der Waals surface area contributed by atoms with Gasteiger partial charge in [0.05, 0.1) is 10.0 Å². The first-order chi connectivity index (χ1) is 6.91. The number of phenolic OH excluding ortho intramolecular Hbond substituents is 1. The van der Waals surface area contributed by atoms with Crippen LogP contribution in [0, 0.1) is 0 Å². The molecule has 0 aliphatic carbocycles. The molecule has 0 saturated carbocycles. The molecule has 1 rings (SSSR count). The second-order valence-electron chi connectivity index (χ2n) is 3.60. The molecule has 0 heterocycles. The summed E-state index contributed by atoms with van der Waals surface area (Å²) in [7, 11) is 0. The highest BCUT2D eigenvalue weighted by Crippen LogP contribution is 2.35. The highest BCUT2D eigenvalue weighted by molar-refractivity contribution is 6.37. The van der Waals surface area contributed by atoms with Gasteiger partial charge < -0.3 is 10.8 Å². The van der Waals surface area contributed by atoms with Crippen molar-refractivity contribution in [2.75, 3.05) is 0 Å². The number of hydrogen-bond donors (Lipinski definition) is 2. The fourth-order valence-corrected chi connectivity index (χ4v) is 1.80. The minimum Gasteiger partial charge on any atom is -0.505 e. The van der Waals surface area contributed by atoms with Gasteiger partial charge in [-0.3, -0.25) is 0 Å². The Balaban J connectivity index is 0.00000225. The fourth-order valence-electron chi connectivity index (χ4n) is 1.29. The minimum absolute atomic E-state index is 0. The van der Waals surface area contributed by atoms with Crippen molar-refractivity contribution >= 4 is 35.6 Å². The number of halogens is 3. The van der Waals surface area contributed by atoms with Crippen molar-refractivity contribution in [2.24, 2.45) is 5.73 Å². The molecule has 0 radical (unpaired) electrons. The van der Waals surface area contributed by atoms with Crippen molar-refractivity contribution in [1.82, 2.24) is 0 Å². The molecule has 90 valence electrons. The van der Waals surface area contributed by atoms with E-state index in [2.05, 4.69) is 6.58 Å². The maximum atomic E-state index is 9.37. The topological polar surface area (TPSA) is 46.2 Å². The standard InChI is InChI=1S/C11H13Cl2NO.ClH/c1-6(2)3-10(14)7-4-8(12)11(15)9(13)5-7;/h4-5,10,15H,1,3,14H2,2H3;1H/t10-;/m0./s1. The lowest BCUT2D eigenvalue weighted by molar-refractivity contribution is 0.475. The molecule has 3 N–H and O–H groups in total. The molecule has 0 aliphatic heterocycles. The summed E-state index contributed by atoms with van der Waals surface area (Å²) < 4.78 is 0. The lowest BCUT2D eigenvalue weighted by Crippen LogP contribution is -2.10. The molecule has 0 unspecified atom stereocenters. The molecule has 0 spiro atoms. The summed E-state index contributed by atoms with van der Waals surface area (Å²) in [5.74, 6) is -0.107. The third-order valence-corrected chi connectivity index (χ3v) is 2.61. The Kier molecular flexibility index (Phi) is 6.19. The number of rotatable bonds is 3. The Bertz CT molecular complexity index is 370. The quantitative estimate of drug-likeness (QED) is 0.820. The fraction of sp³-hybridized carbons (Fsp3) is 0.273. The Hall–Kier alpha value is -0.410. The van der Waals surface area contributed by atoms with Gasteiger partial charge in [0, 0.05) is 6.04 Å². The average molecular weight is 283 g/mol.